The number of carbonyl (C=O) groups is 2. The lowest BCUT2D eigenvalue weighted by molar-refractivity contribution is 0.0686. The summed E-state index contributed by atoms with van der Waals surface area (Å²) in [6.45, 7) is 4.36. The van der Waals surface area contributed by atoms with Crippen LogP contribution < -0.4 is 0 Å². The van der Waals surface area contributed by atoms with Crippen LogP contribution in [0.1, 0.15) is 83.7 Å². The molecule has 0 unspecified atom stereocenters. The van der Waals surface area contributed by atoms with Gasteiger partial charge in [-0.1, -0.05) is 81.6 Å². The summed E-state index contributed by atoms with van der Waals surface area (Å²) in [5.41, 5.74) is 5.76. The smallest absolute Gasteiger partial charge is 0.336 e. The first kappa shape index (κ1) is 23.7. The molecule has 176 valence electrons. The highest BCUT2D eigenvalue weighted by molar-refractivity contribution is 6.03. The molecule has 0 radical (unpaired) electrons. The number of carboxylic acids is 2. The van der Waals surface area contributed by atoms with Gasteiger partial charge in [0.1, 0.15) is 0 Å². The van der Waals surface area contributed by atoms with Crippen molar-refractivity contribution in [1.82, 2.24) is 0 Å². The molecule has 0 spiro atoms. The van der Waals surface area contributed by atoms with E-state index < -0.39 is 11.9 Å². The predicted octanol–water partition coefficient (Wildman–Crippen LogP) is 7.66. The lowest BCUT2D eigenvalue weighted by Gasteiger charge is -2.28. The first-order chi connectivity index (χ1) is 16.4. The van der Waals surface area contributed by atoms with E-state index in [1.807, 2.05) is 24.3 Å². The molecule has 2 N–H and O–H groups in total. The van der Waals surface area contributed by atoms with Crippen LogP contribution in [-0.2, 0) is 6.42 Å². The third-order valence-corrected chi connectivity index (χ3v) is 6.79. The molecule has 0 aromatic heterocycles. The molecule has 3 aromatic carbocycles. The molecule has 1 fully saturated rings. The maximum Gasteiger partial charge on any atom is 0.336 e. The van der Waals surface area contributed by atoms with Gasteiger partial charge < -0.3 is 10.2 Å². The van der Waals surface area contributed by atoms with E-state index in [9.17, 15) is 19.8 Å². The minimum atomic E-state index is -0.985. The Morgan fingerprint density at radius 2 is 1.35 bits per heavy atom. The molecule has 0 amide bonds. The second-order valence-corrected chi connectivity index (χ2v) is 9.74. The Labute approximate surface area is 201 Å². The standard InChI is InChI=1S/C30H32O4/c1-19(2)16-20-17-26(21-10-4-3-5-11-21)28(23-13-7-9-15-25(23)30(33)34)27(18-20)22-12-6-8-14-24(22)29(31)32/h6-9,12-15,17-19,21H,3-5,10-11,16H2,1-2H3,(H,31,32)(H,33,34). The number of hydrogen-bond acceptors (Lipinski definition) is 2. The minimum Gasteiger partial charge on any atom is -0.478 e. The molecule has 0 atom stereocenters. The maximum atomic E-state index is 12.2. The summed E-state index contributed by atoms with van der Waals surface area (Å²) in [5.74, 6) is -1.19. The Bertz CT molecular complexity index is 1200. The number of aromatic carboxylic acids is 2. The molecule has 0 bridgehead atoms. The van der Waals surface area contributed by atoms with Crippen LogP contribution in [0.2, 0.25) is 0 Å². The minimum absolute atomic E-state index is 0.229. The van der Waals surface area contributed by atoms with E-state index in [0.29, 0.717) is 23.0 Å². The highest BCUT2D eigenvalue weighted by Crippen LogP contribution is 2.45. The van der Waals surface area contributed by atoms with E-state index >= 15 is 0 Å². The molecule has 34 heavy (non-hydrogen) atoms. The molecular formula is C30H32O4. The van der Waals surface area contributed by atoms with Crippen LogP contribution >= 0.6 is 0 Å². The second kappa shape index (κ2) is 10.3. The fourth-order valence-corrected chi connectivity index (χ4v) is 5.36. The molecule has 3 aromatic rings. The molecular weight excluding hydrogens is 424 g/mol. The van der Waals surface area contributed by atoms with E-state index in [2.05, 4.69) is 26.0 Å². The molecule has 0 saturated heterocycles. The van der Waals surface area contributed by atoms with Crippen LogP contribution in [0.3, 0.4) is 0 Å². The van der Waals surface area contributed by atoms with Gasteiger partial charge in [-0.25, -0.2) is 9.59 Å². The van der Waals surface area contributed by atoms with Gasteiger partial charge in [-0.05, 0) is 76.6 Å². The van der Waals surface area contributed by atoms with Gasteiger partial charge in [-0.15, -0.1) is 0 Å². The van der Waals surface area contributed by atoms with Crippen molar-refractivity contribution in [1.29, 1.82) is 0 Å². The van der Waals surface area contributed by atoms with Crippen molar-refractivity contribution in [3.05, 3.63) is 82.9 Å². The number of rotatable bonds is 7. The lowest BCUT2D eigenvalue weighted by Crippen LogP contribution is -2.11. The van der Waals surface area contributed by atoms with Crippen molar-refractivity contribution in [3.8, 4) is 22.3 Å². The van der Waals surface area contributed by atoms with E-state index in [-0.39, 0.29) is 11.1 Å². The second-order valence-electron chi connectivity index (χ2n) is 9.74. The highest BCUT2D eigenvalue weighted by Gasteiger charge is 2.26. The summed E-state index contributed by atoms with van der Waals surface area (Å²) in [6, 6.07) is 18.5. The van der Waals surface area contributed by atoms with E-state index in [0.717, 1.165) is 48.8 Å². The molecule has 0 aliphatic heterocycles. The van der Waals surface area contributed by atoms with Gasteiger partial charge in [0, 0.05) is 0 Å². The number of hydrogen-bond donors (Lipinski definition) is 2. The monoisotopic (exact) mass is 456 g/mol. The first-order valence-electron chi connectivity index (χ1n) is 12.2. The van der Waals surface area contributed by atoms with E-state index in [1.165, 1.54) is 12.0 Å². The van der Waals surface area contributed by atoms with Crippen LogP contribution in [0, 0.1) is 5.92 Å². The van der Waals surface area contributed by atoms with Crippen LogP contribution in [0.5, 0.6) is 0 Å². The van der Waals surface area contributed by atoms with Crippen molar-refractivity contribution >= 4 is 11.9 Å². The Morgan fingerprint density at radius 3 is 1.94 bits per heavy atom. The first-order valence-corrected chi connectivity index (χ1v) is 12.2. The molecule has 4 heteroatoms. The Balaban J connectivity index is 2.10. The molecule has 0 heterocycles. The van der Waals surface area contributed by atoms with Crippen LogP contribution in [-0.4, -0.2) is 22.2 Å². The van der Waals surface area contributed by atoms with Crippen molar-refractivity contribution in [3.63, 3.8) is 0 Å². The van der Waals surface area contributed by atoms with Gasteiger partial charge in [0.25, 0.3) is 0 Å². The van der Waals surface area contributed by atoms with Gasteiger partial charge in [0.2, 0.25) is 0 Å². The van der Waals surface area contributed by atoms with E-state index in [1.54, 1.807) is 24.3 Å². The third-order valence-electron chi connectivity index (χ3n) is 6.79. The number of benzene rings is 3. The molecule has 1 aliphatic carbocycles. The highest BCUT2D eigenvalue weighted by atomic mass is 16.4. The Hall–Kier alpha value is -3.40. The van der Waals surface area contributed by atoms with Crippen molar-refractivity contribution in [2.24, 2.45) is 5.92 Å². The SMILES string of the molecule is CC(C)Cc1cc(-c2ccccc2C(=O)O)c(-c2ccccc2C(=O)O)c(C2CCCCC2)c1. The third kappa shape index (κ3) is 4.91. The zero-order valence-electron chi connectivity index (χ0n) is 19.9. The van der Waals surface area contributed by atoms with Gasteiger partial charge >= 0.3 is 11.9 Å². The maximum absolute atomic E-state index is 12.2. The summed E-state index contributed by atoms with van der Waals surface area (Å²) < 4.78 is 0. The quantitative estimate of drug-likeness (QED) is 0.383. The predicted molar refractivity (Wildman–Crippen MR) is 136 cm³/mol. The summed E-state index contributed by atoms with van der Waals surface area (Å²) in [5, 5.41) is 20.0. The van der Waals surface area contributed by atoms with Crippen LogP contribution in [0.4, 0.5) is 0 Å². The van der Waals surface area contributed by atoms with Gasteiger partial charge in [-0.2, -0.15) is 0 Å². The molecule has 4 rings (SSSR count). The normalized spacial score (nSPS) is 14.3. The summed E-state index contributed by atoms with van der Waals surface area (Å²) in [7, 11) is 0. The summed E-state index contributed by atoms with van der Waals surface area (Å²) >= 11 is 0. The average Bonchev–Trinajstić information content (AvgIpc) is 2.83. The van der Waals surface area contributed by atoms with Crippen LogP contribution in [0.25, 0.3) is 22.3 Å². The average molecular weight is 457 g/mol. The molecule has 4 nitrogen and oxygen atoms in total. The molecule has 1 saturated carbocycles. The molecule has 1 aliphatic rings. The zero-order valence-corrected chi connectivity index (χ0v) is 19.9. The van der Waals surface area contributed by atoms with Gasteiger partial charge in [0.05, 0.1) is 11.1 Å². The lowest BCUT2D eigenvalue weighted by atomic mass is 9.76. The van der Waals surface area contributed by atoms with E-state index in [4.69, 9.17) is 0 Å². The van der Waals surface area contributed by atoms with Gasteiger partial charge in [0.15, 0.2) is 0 Å². The Kier molecular flexibility index (Phi) is 7.16. The largest absolute Gasteiger partial charge is 0.478 e. The van der Waals surface area contributed by atoms with Crippen molar-refractivity contribution < 1.29 is 19.8 Å². The fourth-order valence-electron chi connectivity index (χ4n) is 5.36. The van der Waals surface area contributed by atoms with Crippen molar-refractivity contribution in [2.45, 2.75) is 58.3 Å². The van der Waals surface area contributed by atoms with Gasteiger partial charge in [-0.3, -0.25) is 0 Å². The topological polar surface area (TPSA) is 74.6 Å². The van der Waals surface area contributed by atoms with Crippen molar-refractivity contribution in [2.75, 3.05) is 0 Å². The number of carboxylic acid groups (broad SMARTS) is 2. The Morgan fingerprint density at radius 1 is 0.794 bits per heavy atom. The summed E-state index contributed by atoms with van der Waals surface area (Å²) in [6.07, 6.45) is 6.53. The summed E-state index contributed by atoms with van der Waals surface area (Å²) in [4.78, 5) is 24.4. The fraction of sp³-hybridized carbons (Fsp3) is 0.333. The van der Waals surface area contributed by atoms with Crippen LogP contribution in [0.15, 0.2) is 60.7 Å². The zero-order chi connectivity index (χ0) is 24.2.